The fourth-order valence-corrected chi connectivity index (χ4v) is 18.4. The summed E-state index contributed by atoms with van der Waals surface area (Å²) in [6.45, 7) is 11.5. The quantitative estimate of drug-likeness (QED) is 0.0328. The highest BCUT2D eigenvalue weighted by molar-refractivity contribution is 5.97. The normalized spacial score (nSPS) is 27.9. The third-order valence-electron chi connectivity index (χ3n) is 22.7. The highest BCUT2D eigenvalue weighted by atomic mass is 79.9. The van der Waals surface area contributed by atoms with Gasteiger partial charge in [0.15, 0.2) is 12.6 Å². The van der Waals surface area contributed by atoms with E-state index in [1.54, 1.807) is 48.4 Å². The number of hydrogen-bond acceptors (Lipinski definition) is 17. The third-order valence-corrected chi connectivity index (χ3v) is 22.7. The summed E-state index contributed by atoms with van der Waals surface area (Å²) in [6.07, 6.45) is 7.37. The summed E-state index contributed by atoms with van der Waals surface area (Å²) in [5, 5.41) is 20.2. The lowest BCUT2D eigenvalue weighted by molar-refractivity contribution is -0.934. The molecule has 12 rings (SSSR count). The Bertz CT molecular complexity index is 4000. The van der Waals surface area contributed by atoms with Crippen molar-refractivity contribution in [2.45, 2.75) is 158 Å². The third kappa shape index (κ3) is 12.4. The second kappa shape index (κ2) is 28.7. The Kier molecular flexibility index (Phi) is 20.8. The number of halogens is 1. The minimum Gasteiger partial charge on any atom is -1.00 e. The maximum atomic E-state index is 16.0. The van der Waals surface area contributed by atoms with Gasteiger partial charge in [0.1, 0.15) is 55.6 Å². The molecule has 4 aromatic carbocycles. The number of likely N-dealkylation sites (tertiary alicyclic amines) is 1. The van der Waals surface area contributed by atoms with Gasteiger partial charge in [-0.1, -0.05) is 131 Å². The first-order chi connectivity index (χ1) is 47.1. The SMILES string of the molecule is CCC1=C[C@@H]2C[C@](C(=O)OC)(c3cc4c(cc3OC)N(C)[C@H]3[C@@](O)(C(=O)OC)[C@H](OC(C)=O)[C@]5(CC)C=CCN6CC[C@]43[C@@H]65)c3[nH]c4ccccc4c3C[N+](CC(=O)N3CCC[C@H]3C(=O)N[C@H](C(=O)N[C@@H](CC(=O)OCc3ccccc3)C(=O)OCc3ccccc3)[C@@H](C)CC)(C1)C2.[Br-]. The first-order valence-electron chi connectivity index (χ1n) is 34.5. The van der Waals surface area contributed by atoms with Crippen LogP contribution in [-0.4, -0.2) is 182 Å². The first-order valence-corrected chi connectivity index (χ1v) is 34.5. The number of para-hydroxylation sites is 1. The zero-order valence-corrected chi connectivity index (χ0v) is 59.5. The highest BCUT2D eigenvalue weighted by Crippen LogP contribution is 2.68. The molecule has 7 heterocycles. The number of anilines is 1. The lowest BCUT2D eigenvalue weighted by atomic mass is 9.47. The van der Waals surface area contributed by atoms with Crippen molar-refractivity contribution in [2.24, 2.45) is 17.3 Å². The number of likely N-dealkylation sites (N-methyl/N-ethyl adjacent to an activating group) is 1. The van der Waals surface area contributed by atoms with Gasteiger partial charge >= 0.3 is 29.8 Å². The minimum absolute atomic E-state index is 0. The van der Waals surface area contributed by atoms with Gasteiger partial charge in [-0.3, -0.25) is 33.7 Å². The number of ether oxygens (including phenoxy) is 6. The number of methoxy groups -OCH3 is 3. The standard InChI is InChI=1S/C76H91N7O15.BrH/c1-10-46(4)63(66(88)78-57(67(89)97-45-50-25-17-14-18-26-50)37-62(86)96-44-49-23-15-13-16-24-49)79-65(87)58-29-21-33-82(58)61(85)43-83-40-48(11-2)35-51(41-83)39-75(71(90)94-8,64-53(42-83)52-27-19-20-28-56(52)77-64)55-36-54-59(38-60(55)93-7)80(6)69-74(54)31-34-81-32-22-30-73(12-3,68(74)81)70(98-47(5)84)76(69,92)72(91)95-9;/h13-20,22-28,30,35-36,38,46,51,57-58,63,68-70,77,92H,10-12,21,29,31-34,37,39-45H2,1-9H3,(H-,78,79,87,88);1H/t46-,51+,57-,58-,63-,68-,69+,70+,73+,74+,75-,76-,83?;/m0./s1. The van der Waals surface area contributed by atoms with Crippen LogP contribution in [0, 0.1) is 17.3 Å². The first kappa shape index (κ1) is 71.9. The van der Waals surface area contributed by atoms with Crippen LogP contribution in [0.2, 0.25) is 0 Å². The van der Waals surface area contributed by atoms with Crippen LogP contribution >= 0.6 is 0 Å². The Morgan fingerprint density at radius 2 is 1.51 bits per heavy atom. The number of quaternary nitrogens is 1. The smallest absolute Gasteiger partial charge is 0.344 e. The van der Waals surface area contributed by atoms with Crippen molar-refractivity contribution in [3.8, 4) is 5.75 Å². The largest absolute Gasteiger partial charge is 1.00 e. The summed E-state index contributed by atoms with van der Waals surface area (Å²) < 4.78 is 35.9. The number of H-pyrrole nitrogens is 1. The zero-order chi connectivity index (χ0) is 69.6. The average molecular weight is 1420 g/mol. The molecule has 4 N–H and O–H groups in total. The molecule has 6 aliphatic heterocycles. The van der Waals surface area contributed by atoms with Gasteiger partial charge in [-0.05, 0) is 85.4 Å². The van der Waals surface area contributed by atoms with Crippen LogP contribution in [0.25, 0.3) is 10.9 Å². The molecule has 2 saturated heterocycles. The van der Waals surface area contributed by atoms with E-state index in [1.165, 1.54) is 21.1 Å². The molecule has 1 saturated carbocycles. The van der Waals surface area contributed by atoms with E-state index in [-0.39, 0.29) is 72.6 Å². The van der Waals surface area contributed by atoms with Crippen LogP contribution in [0.3, 0.4) is 0 Å². The maximum Gasteiger partial charge on any atom is 0.344 e. The molecule has 2 bridgehead atoms. The Labute approximate surface area is 588 Å². The number of carbonyl (C=O) groups excluding carboxylic acids is 8. The summed E-state index contributed by atoms with van der Waals surface area (Å²) >= 11 is 0. The molecular formula is C76H92BrN7O15. The highest BCUT2D eigenvalue weighted by Gasteiger charge is 2.80. The van der Waals surface area contributed by atoms with E-state index in [4.69, 9.17) is 28.4 Å². The van der Waals surface area contributed by atoms with Crippen LogP contribution in [-0.2, 0) is 92.6 Å². The molecule has 1 spiro atoms. The molecule has 99 heavy (non-hydrogen) atoms. The fourth-order valence-electron chi connectivity index (χ4n) is 18.4. The van der Waals surface area contributed by atoms with Crippen molar-refractivity contribution in [3.05, 3.63) is 154 Å². The minimum atomic E-state index is -2.40. The van der Waals surface area contributed by atoms with Crippen molar-refractivity contribution in [3.63, 3.8) is 0 Å². The van der Waals surface area contributed by atoms with Crippen molar-refractivity contribution >= 4 is 64.2 Å². The number of fused-ring (bicyclic) bond motifs is 6. The van der Waals surface area contributed by atoms with Crippen LogP contribution in [0.1, 0.15) is 119 Å². The van der Waals surface area contributed by atoms with Crippen molar-refractivity contribution < 1.29 is 93.3 Å². The van der Waals surface area contributed by atoms with Crippen molar-refractivity contribution in [1.29, 1.82) is 0 Å². The fraction of sp³-hybridized carbons (Fsp3) is 0.500. The molecule has 13 atom stereocenters. The van der Waals surface area contributed by atoms with E-state index in [2.05, 4.69) is 39.6 Å². The molecule has 1 aromatic heterocycles. The van der Waals surface area contributed by atoms with Crippen molar-refractivity contribution in [1.82, 2.24) is 25.4 Å². The molecular weight excluding hydrogens is 1330 g/mol. The Morgan fingerprint density at radius 3 is 2.16 bits per heavy atom. The van der Waals surface area contributed by atoms with E-state index in [0.29, 0.717) is 93.0 Å². The lowest BCUT2D eigenvalue weighted by Gasteiger charge is -2.63. The molecule has 5 aromatic rings. The predicted octanol–water partition coefficient (Wildman–Crippen LogP) is 4.16. The number of nitrogens with zero attached hydrogens (tertiary/aromatic N) is 4. The molecule has 3 fully saturated rings. The number of rotatable bonds is 22. The molecule has 23 heteroatoms. The monoisotopic (exact) mass is 1420 g/mol. The van der Waals surface area contributed by atoms with Gasteiger partial charge in [0, 0.05) is 89.3 Å². The van der Waals surface area contributed by atoms with E-state index in [1.807, 2.05) is 99.5 Å². The molecule has 22 nitrogen and oxygen atoms in total. The van der Waals surface area contributed by atoms with E-state index in [9.17, 15) is 33.9 Å². The summed E-state index contributed by atoms with van der Waals surface area (Å²) in [4.78, 5) is 126. The van der Waals surface area contributed by atoms with Crippen LogP contribution in [0.4, 0.5) is 5.69 Å². The number of aromatic nitrogens is 1. The van der Waals surface area contributed by atoms with E-state index >= 15 is 9.59 Å². The van der Waals surface area contributed by atoms with Crippen LogP contribution < -0.4 is 37.3 Å². The molecule has 7 aliphatic rings. The number of esters is 5. The van der Waals surface area contributed by atoms with Gasteiger partial charge in [0.05, 0.1) is 40.3 Å². The van der Waals surface area contributed by atoms with Gasteiger partial charge in [-0.15, -0.1) is 0 Å². The van der Waals surface area contributed by atoms with Gasteiger partial charge in [0.2, 0.25) is 17.4 Å². The number of nitrogens with one attached hydrogen (secondary N) is 3. The second-order valence-electron chi connectivity index (χ2n) is 28.1. The van der Waals surface area contributed by atoms with Gasteiger partial charge in [-0.25, -0.2) is 9.59 Å². The predicted molar refractivity (Wildman–Crippen MR) is 363 cm³/mol. The second-order valence-corrected chi connectivity index (χ2v) is 28.1. The number of aromatic amines is 1. The molecule has 528 valence electrons. The Balaban J connectivity index is 0.00000990. The number of hydrogen-bond donors (Lipinski definition) is 4. The number of aliphatic hydroxyl groups is 1. The van der Waals surface area contributed by atoms with Crippen LogP contribution in [0.5, 0.6) is 5.75 Å². The van der Waals surface area contributed by atoms with E-state index in [0.717, 1.165) is 33.2 Å². The summed E-state index contributed by atoms with van der Waals surface area (Å²) in [6, 6.07) is 24.9. The Morgan fingerprint density at radius 1 is 0.818 bits per heavy atom. The Hall–Kier alpha value is -8.38. The zero-order valence-electron chi connectivity index (χ0n) is 57.9. The average Bonchev–Trinajstić information content (AvgIpc) is 1.50. The van der Waals surface area contributed by atoms with Gasteiger partial charge < -0.3 is 80.4 Å². The van der Waals surface area contributed by atoms with E-state index < -0.39 is 112 Å². The maximum absolute atomic E-state index is 16.0. The molecule has 1 aliphatic carbocycles. The number of carbonyl (C=O) groups is 8. The topological polar surface area (TPSA) is 262 Å². The van der Waals surface area contributed by atoms with Crippen LogP contribution in [0.15, 0.2) is 121 Å². The lowest BCUT2D eigenvalue weighted by Crippen LogP contribution is -3.00. The van der Waals surface area contributed by atoms with Crippen molar-refractivity contribution in [2.75, 3.05) is 72.5 Å². The van der Waals surface area contributed by atoms with Gasteiger partial charge in [-0.2, -0.15) is 0 Å². The number of amides is 3. The summed E-state index contributed by atoms with van der Waals surface area (Å²) in [7, 11) is 6.01. The number of benzene rings is 4. The van der Waals surface area contributed by atoms with Gasteiger partial charge in [0.25, 0.3) is 5.91 Å². The molecule has 0 radical (unpaired) electrons. The summed E-state index contributed by atoms with van der Waals surface area (Å²) in [5.74, 6) is -5.69. The molecule has 3 amide bonds. The summed E-state index contributed by atoms with van der Waals surface area (Å²) in [5.41, 5.74) is 0.460. The molecule has 1 unspecified atom stereocenters.